The Morgan fingerprint density at radius 2 is 2.21 bits per heavy atom. The number of sulfone groups is 1. The van der Waals surface area contributed by atoms with Gasteiger partial charge in [0, 0.05) is 26.1 Å². The Morgan fingerprint density at radius 1 is 1.38 bits per heavy atom. The lowest BCUT2D eigenvalue weighted by atomic mass is 10.1. The summed E-state index contributed by atoms with van der Waals surface area (Å²) >= 11 is 0. The molecule has 0 aromatic carbocycles. The minimum absolute atomic E-state index is 0.107. The van der Waals surface area contributed by atoms with Crippen LogP contribution in [0.4, 0.5) is 0 Å². The molecule has 0 unspecified atom stereocenters. The molecule has 0 bridgehead atoms. The Kier molecular flexibility index (Phi) is 5.24. The molecule has 2 aliphatic heterocycles. The fourth-order valence-corrected chi connectivity index (χ4v) is 5.51. The van der Waals surface area contributed by atoms with E-state index in [1.807, 2.05) is 10.7 Å². The van der Waals surface area contributed by atoms with Gasteiger partial charge in [0.2, 0.25) is 0 Å². The zero-order chi connectivity index (χ0) is 17.2. The molecule has 8 heteroatoms. The lowest BCUT2D eigenvalue weighted by Gasteiger charge is -2.21. The predicted octanol–water partition coefficient (Wildman–Crippen LogP) is 0.931. The number of carboxylic acid groups (broad SMARTS) is 1. The van der Waals surface area contributed by atoms with Gasteiger partial charge >= 0.3 is 5.97 Å². The summed E-state index contributed by atoms with van der Waals surface area (Å²) in [6.07, 6.45) is 3.31. The average Bonchev–Trinajstić information content (AvgIpc) is 3.00. The second-order valence-corrected chi connectivity index (χ2v) is 9.16. The minimum atomic E-state index is -2.79. The molecule has 1 atom stereocenters. The molecule has 0 radical (unpaired) electrons. The number of rotatable bonds is 6. The Hall–Kier alpha value is -1.41. The molecule has 0 amide bonds. The van der Waals surface area contributed by atoms with Crippen molar-refractivity contribution in [2.75, 3.05) is 24.6 Å². The molecule has 2 aliphatic rings. The van der Waals surface area contributed by atoms with Gasteiger partial charge in [-0.05, 0) is 37.8 Å². The second-order valence-electron chi connectivity index (χ2n) is 6.93. The molecule has 7 nitrogen and oxygen atoms in total. The molecular formula is C16H25N3O4S. The van der Waals surface area contributed by atoms with Crippen molar-refractivity contribution in [2.45, 2.75) is 45.2 Å². The molecule has 3 heterocycles. The summed E-state index contributed by atoms with van der Waals surface area (Å²) in [6, 6.07) is 2.02. The number of aliphatic carboxylic acids is 1. The number of aryl methyl sites for hydroxylation is 2. The predicted molar refractivity (Wildman–Crippen MR) is 89.5 cm³/mol. The fourth-order valence-electron chi connectivity index (χ4n) is 3.60. The van der Waals surface area contributed by atoms with E-state index < -0.39 is 15.8 Å². The van der Waals surface area contributed by atoms with Gasteiger partial charge in [-0.15, -0.1) is 0 Å². The summed E-state index contributed by atoms with van der Waals surface area (Å²) in [5, 5.41) is 13.3. The first-order valence-corrected chi connectivity index (χ1v) is 10.4. The monoisotopic (exact) mass is 355 g/mol. The largest absolute Gasteiger partial charge is 0.481 e. The van der Waals surface area contributed by atoms with Crippen molar-refractivity contribution in [1.29, 1.82) is 0 Å². The van der Waals surface area contributed by atoms with E-state index in [1.54, 1.807) is 0 Å². The van der Waals surface area contributed by atoms with Crippen LogP contribution in [0.15, 0.2) is 6.07 Å². The summed E-state index contributed by atoms with van der Waals surface area (Å²) in [4.78, 5) is 13.1. The van der Waals surface area contributed by atoms with Crippen LogP contribution in [0, 0.1) is 5.92 Å². The van der Waals surface area contributed by atoms with Gasteiger partial charge in [0.25, 0.3) is 0 Å². The zero-order valence-corrected chi connectivity index (χ0v) is 14.7. The first kappa shape index (κ1) is 17.4. The highest BCUT2D eigenvalue weighted by molar-refractivity contribution is 7.91. The summed E-state index contributed by atoms with van der Waals surface area (Å²) in [5.74, 6) is 0.191. The highest BCUT2D eigenvalue weighted by Crippen LogP contribution is 2.23. The average molecular weight is 355 g/mol. The molecule has 1 aromatic heterocycles. The lowest BCUT2D eigenvalue weighted by molar-refractivity contribution is -0.136. The molecule has 1 fully saturated rings. The topological polar surface area (TPSA) is 92.5 Å². The molecular weight excluding hydrogens is 330 g/mol. The second kappa shape index (κ2) is 7.23. The smallest absolute Gasteiger partial charge is 0.303 e. The van der Waals surface area contributed by atoms with Crippen molar-refractivity contribution >= 4 is 15.8 Å². The highest BCUT2D eigenvalue weighted by atomic mass is 32.2. The number of hydrogen-bond acceptors (Lipinski definition) is 5. The molecule has 3 rings (SSSR count). The number of hydrogen-bond donors (Lipinski definition) is 1. The van der Waals surface area contributed by atoms with E-state index in [2.05, 4.69) is 10.00 Å². The molecule has 1 N–H and O–H groups in total. The van der Waals surface area contributed by atoms with Gasteiger partial charge in [0.05, 0.1) is 29.3 Å². The van der Waals surface area contributed by atoms with Gasteiger partial charge < -0.3 is 5.11 Å². The third-order valence-corrected chi connectivity index (χ3v) is 6.76. The van der Waals surface area contributed by atoms with E-state index in [1.165, 1.54) is 0 Å². The standard InChI is InChI=1S/C16H25N3O4S/c20-16(21)3-2-14-10-15-11-18(6-1-7-19(15)17-14)8-4-13-5-9-24(22,23)12-13/h10,13H,1-9,11-12H2,(H,20,21)/t13-/m0/s1. The summed E-state index contributed by atoms with van der Waals surface area (Å²) in [7, 11) is -2.79. The van der Waals surface area contributed by atoms with Crippen LogP contribution in [0.3, 0.4) is 0 Å². The van der Waals surface area contributed by atoms with Gasteiger partial charge in [0.15, 0.2) is 9.84 Å². The van der Waals surface area contributed by atoms with Crippen molar-refractivity contribution in [1.82, 2.24) is 14.7 Å². The number of carboxylic acids is 1. The first-order chi connectivity index (χ1) is 11.4. The maximum Gasteiger partial charge on any atom is 0.303 e. The number of nitrogens with zero attached hydrogens (tertiary/aromatic N) is 3. The molecule has 0 aliphatic carbocycles. The molecule has 24 heavy (non-hydrogen) atoms. The van der Waals surface area contributed by atoms with Crippen LogP contribution in [-0.2, 0) is 34.1 Å². The third-order valence-electron chi connectivity index (χ3n) is 4.92. The summed E-state index contributed by atoms with van der Waals surface area (Å²) in [5.41, 5.74) is 1.98. The minimum Gasteiger partial charge on any atom is -0.481 e. The van der Waals surface area contributed by atoms with Crippen molar-refractivity contribution in [3.8, 4) is 0 Å². The number of aromatic nitrogens is 2. The molecule has 1 aromatic rings. The van der Waals surface area contributed by atoms with Crippen LogP contribution in [0.2, 0.25) is 0 Å². The Labute approximate surface area is 142 Å². The van der Waals surface area contributed by atoms with Gasteiger partial charge in [-0.3, -0.25) is 14.4 Å². The Morgan fingerprint density at radius 3 is 2.92 bits per heavy atom. The normalized spacial score (nSPS) is 23.8. The maximum atomic E-state index is 11.6. The molecule has 0 saturated carbocycles. The molecule has 134 valence electrons. The van der Waals surface area contributed by atoms with Crippen molar-refractivity contribution in [3.05, 3.63) is 17.5 Å². The van der Waals surface area contributed by atoms with Crippen LogP contribution >= 0.6 is 0 Å². The fraction of sp³-hybridized carbons (Fsp3) is 0.750. The van der Waals surface area contributed by atoms with E-state index in [0.29, 0.717) is 23.8 Å². The van der Waals surface area contributed by atoms with E-state index in [0.717, 1.165) is 56.8 Å². The van der Waals surface area contributed by atoms with Gasteiger partial charge in [-0.2, -0.15) is 5.10 Å². The lowest BCUT2D eigenvalue weighted by Crippen LogP contribution is -2.26. The van der Waals surface area contributed by atoms with E-state index >= 15 is 0 Å². The van der Waals surface area contributed by atoms with Gasteiger partial charge in [-0.25, -0.2) is 8.42 Å². The Balaban J connectivity index is 1.55. The van der Waals surface area contributed by atoms with Crippen molar-refractivity contribution in [3.63, 3.8) is 0 Å². The molecule has 0 spiro atoms. The quantitative estimate of drug-likeness (QED) is 0.816. The number of carbonyl (C=O) groups is 1. The van der Waals surface area contributed by atoms with Crippen LogP contribution in [0.5, 0.6) is 0 Å². The first-order valence-electron chi connectivity index (χ1n) is 8.61. The van der Waals surface area contributed by atoms with Crippen LogP contribution < -0.4 is 0 Å². The van der Waals surface area contributed by atoms with Crippen LogP contribution in [0.1, 0.15) is 37.1 Å². The van der Waals surface area contributed by atoms with Gasteiger partial charge in [-0.1, -0.05) is 0 Å². The van der Waals surface area contributed by atoms with E-state index in [4.69, 9.17) is 5.11 Å². The van der Waals surface area contributed by atoms with E-state index in [-0.39, 0.29) is 6.42 Å². The van der Waals surface area contributed by atoms with Crippen molar-refractivity contribution < 1.29 is 18.3 Å². The third kappa shape index (κ3) is 4.57. The maximum absolute atomic E-state index is 11.6. The number of fused-ring (bicyclic) bond motifs is 1. The zero-order valence-electron chi connectivity index (χ0n) is 13.9. The van der Waals surface area contributed by atoms with Crippen molar-refractivity contribution in [2.24, 2.45) is 5.92 Å². The summed E-state index contributed by atoms with van der Waals surface area (Å²) < 4.78 is 25.1. The van der Waals surface area contributed by atoms with Crippen LogP contribution in [-0.4, -0.2) is 58.8 Å². The Bertz CT molecular complexity index is 698. The molecule has 1 saturated heterocycles. The highest BCUT2D eigenvalue weighted by Gasteiger charge is 2.28. The van der Waals surface area contributed by atoms with Crippen LogP contribution in [0.25, 0.3) is 0 Å². The SMILES string of the molecule is O=C(O)CCc1cc2n(n1)CCCN(CC[C@H]1CCS(=O)(=O)C1)C2. The van der Waals surface area contributed by atoms with E-state index in [9.17, 15) is 13.2 Å². The van der Waals surface area contributed by atoms with Gasteiger partial charge in [0.1, 0.15) is 0 Å². The summed E-state index contributed by atoms with van der Waals surface area (Å²) in [6.45, 7) is 3.57.